The summed E-state index contributed by atoms with van der Waals surface area (Å²) >= 11 is 2.25. The van der Waals surface area contributed by atoms with Crippen LogP contribution in [0, 0.1) is 15.4 Å². The van der Waals surface area contributed by atoms with Gasteiger partial charge in [-0.25, -0.2) is 0 Å². The van der Waals surface area contributed by atoms with Gasteiger partial charge in [0.1, 0.15) is 0 Å². The molecule has 0 spiro atoms. The number of benzene rings is 1. The van der Waals surface area contributed by atoms with E-state index < -0.39 is 0 Å². The first kappa shape index (κ1) is 12.8. The number of nitrogens with two attached hydrogens (primary N) is 1. The first-order valence-electron chi connectivity index (χ1n) is 5.97. The van der Waals surface area contributed by atoms with Gasteiger partial charge in [0.05, 0.1) is 0 Å². The van der Waals surface area contributed by atoms with Gasteiger partial charge in [0.25, 0.3) is 0 Å². The van der Waals surface area contributed by atoms with E-state index in [4.69, 9.17) is 5.73 Å². The highest BCUT2D eigenvalue weighted by molar-refractivity contribution is 14.1. The van der Waals surface area contributed by atoms with E-state index in [1.54, 1.807) is 0 Å². The zero-order valence-corrected chi connectivity index (χ0v) is 11.8. The molecule has 1 fully saturated rings. The Labute approximate surface area is 115 Å². The number of carbonyl (C=O) groups is 1. The predicted octanol–water partition coefficient (Wildman–Crippen LogP) is 2.60. The van der Waals surface area contributed by atoms with Crippen molar-refractivity contribution in [1.29, 1.82) is 0 Å². The van der Waals surface area contributed by atoms with E-state index in [0.717, 1.165) is 24.9 Å². The highest BCUT2D eigenvalue weighted by Gasteiger charge is 2.31. The minimum absolute atomic E-state index is 0.0966. The Kier molecular flexibility index (Phi) is 4.39. The van der Waals surface area contributed by atoms with Crippen LogP contribution in [0.3, 0.4) is 0 Å². The van der Waals surface area contributed by atoms with Gasteiger partial charge >= 0.3 is 0 Å². The minimum atomic E-state index is 0.0966. The zero-order chi connectivity index (χ0) is 12.3. The third-order valence-corrected chi connectivity index (χ3v) is 4.13. The van der Waals surface area contributed by atoms with E-state index in [9.17, 15) is 4.79 Å². The van der Waals surface area contributed by atoms with Gasteiger partial charge in [-0.3, -0.25) is 4.79 Å². The normalized spacial score (nSPS) is 23.6. The number of halogens is 1. The smallest absolute Gasteiger partial charge is 0.227 e. The van der Waals surface area contributed by atoms with Crippen molar-refractivity contribution in [2.24, 2.45) is 17.6 Å². The van der Waals surface area contributed by atoms with Crippen molar-refractivity contribution >= 4 is 34.2 Å². The molecule has 0 aromatic heterocycles. The standard InChI is InChI=1S/C13H17IN2O/c14-10-4-6-11(7-5-10)16-13(17)12-3-1-2-9(12)8-15/h4-7,9,12H,1-3,8,15H2,(H,16,17)/t9-,12-/m1/s1. The van der Waals surface area contributed by atoms with Crippen LogP contribution in [0.4, 0.5) is 5.69 Å². The molecule has 1 saturated carbocycles. The summed E-state index contributed by atoms with van der Waals surface area (Å²) in [4.78, 5) is 12.1. The van der Waals surface area contributed by atoms with E-state index in [0.29, 0.717) is 12.5 Å². The summed E-state index contributed by atoms with van der Waals surface area (Å²) in [7, 11) is 0. The third kappa shape index (κ3) is 3.19. The van der Waals surface area contributed by atoms with Gasteiger partial charge in [0.2, 0.25) is 5.91 Å². The lowest BCUT2D eigenvalue weighted by Crippen LogP contribution is -2.29. The van der Waals surface area contributed by atoms with Crippen LogP contribution in [-0.4, -0.2) is 12.5 Å². The number of hydrogen-bond acceptors (Lipinski definition) is 2. The second kappa shape index (κ2) is 5.82. The van der Waals surface area contributed by atoms with Crippen molar-refractivity contribution in [2.45, 2.75) is 19.3 Å². The Hall–Kier alpha value is -0.620. The van der Waals surface area contributed by atoms with Gasteiger partial charge in [-0.15, -0.1) is 0 Å². The first-order chi connectivity index (χ1) is 8.20. The van der Waals surface area contributed by atoms with Gasteiger partial charge in [-0.05, 0) is 72.2 Å². The fourth-order valence-electron chi connectivity index (χ4n) is 2.43. The second-order valence-electron chi connectivity index (χ2n) is 4.53. The lowest BCUT2D eigenvalue weighted by Gasteiger charge is -2.17. The lowest BCUT2D eigenvalue weighted by molar-refractivity contribution is -0.120. The van der Waals surface area contributed by atoms with Crippen LogP contribution in [0.25, 0.3) is 0 Å². The molecule has 0 saturated heterocycles. The molecule has 4 heteroatoms. The fraction of sp³-hybridized carbons (Fsp3) is 0.462. The molecule has 0 unspecified atom stereocenters. The summed E-state index contributed by atoms with van der Waals surface area (Å²) in [6, 6.07) is 7.86. The number of hydrogen-bond donors (Lipinski definition) is 2. The molecule has 2 rings (SSSR count). The monoisotopic (exact) mass is 344 g/mol. The molecule has 17 heavy (non-hydrogen) atoms. The van der Waals surface area contributed by atoms with Crippen LogP contribution in [0.5, 0.6) is 0 Å². The number of carbonyl (C=O) groups excluding carboxylic acids is 1. The quantitative estimate of drug-likeness (QED) is 0.829. The van der Waals surface area contributed by atoms with Crippen LogP contribution >= 0.6 is 22.6 Å². The predicted molar refractivity (Wildman–Crippen MR) is 77.7 cm³/mol. The van der Waals surface area contributed by atoms with Gasteiger partial charge in [-0.1, -0.05) is 6.42 Å². The molecule has 92 valence electrons. The van der Waals surface area contributed by atoms with Crippen molar-refractivity contribution in [2.75, 3.05) is 11.9 Å². The van der Waals surface area contributed by atoms with Gasteiger partial charge in [0, 0.05) is 15.2 Å². The van der Waals surface area contributed by atoms with E-state index >= 15 is 0 Å². The number of amides is 1. The number of anilines is 1. The summed E-state index contributed by atoms with van der Waals surface area (Å²) < 4.78 is 1.17. The molecule has 0 bridgehead atoms. The lowest BCUT2D eigenvalue weighted by atomic mass is 9.95. The van der Waals surface area contributed by atoms with Crippen molar-refractivity contribution in [1.82, 2.24) is 0 Å². The van der Waals surface area contributed by atoms with Gasteiger partial charge in [0.15, 0.2) is 0 Å². The Balaban J connectivity index is 1.99. The van der Waals surface area contributed by atoms with E-state index in [1.165, 1.54) is 3.57 Å². The van der Waals surface area contributed by atoms with Gasteiger partial charge < -0.3 is 11.1 Å². The molecule has 3 nitrogen and oxygen atoms in total. The minimum Gasteiger partial charge on any atom is -0.330 e. The van der Waals surface area contributed by atoms with Crippen LogP contribution in [0.1, 0.15) is 19.3 Å². The molecule has 0 radical (unpaired) electrons. The zero-order valence-electron chi connectivity index (χ0n) is 9.66. The second-order valence-corrected chi connectivity index (χ2v) is 5.77. The number of rotatable bonds is 3. The summed E-state index contributed by atoms with van der Waals surface area (Å²) in [5.41, 5.74) is 6.57. The molecular formula is C13H17IN2O. The molecule has 1 aliphatic rings. The van der Waals surface area contributed by atoms with E-state index in [2.05, 4.69) is 27.9 Å². The van der Waals surface area contributed by atoms with Crippen LogP contribution in [-0.2, 0) is 4.79 Å². The molecule has 0 heterocycles. The maximum Gasteiger partial charge on any atom is 0.227 e. The Morgan fingerprint density at radius 3 is 2.71 bits per heavy atom. The number of nitrogens with one attached hydrogen (secondary N) is 1. The van der Waals surface area contributed by atoms with Crippen LogP contribution in [0.2, 0.25) is 0 Å². The molecule has 2 atom stereocenters. The van der Waals surface area contributed by atoms with Crippen LogP contribution < -0.4 is 11.1 Å². The summed E-state index contributed by atoms with van der Waals surface area (Å²) in [5.74, 6) is 0.581. The largest absolute Gasteiger partial charge is 0.330 e. The fourth-order valence-corrected chi connectivity index (χ4v) is 2.79. The van der Waals surface area contributed by atoms with Gasteiger partial charge in [-0.2, -0.15) is 0 Å². The summed E-state index contributed by atoms with van der Waals surface area (Å²) in [6.45, 7) is 0.616. The molecule has 1 aromatic rings. The molecule has 1 aromatic carbocycles. The first-order valence-corrected chi connectivity index (χ1v) is 7.05. The van der Waals surface area contributed by atoms with Crippen molar-refractivity contribution in [3.05, 3.63) is 27.8 Å². The Morgan fingerprint density at radius 1 is 1.35 bits per heavy atom. The maximum atomic E-state index is 12.1. The molecule has 1 aliphatic carbocycles. The third-order valence-electron chi connectivity index (χ3n) is 3.41. The average Bonchev–Trinajstić information content (AvgIpc) is 2.80. The van der Waals surface area contributed by atoms with E-state index in [1.807, 2.05) is 24.3 Å². The SMILES string of the molecule is NC[C@H]1CCC[C@H]1C(=O)Nc1ccc(I)cc1. The molecule has 1 amide bonds. The molecule has 3 N–H and O–H groups in total. The average molecular weight is 344 g/mol. The maximum absolute atomic E-state index is 12.1. The summed E-state index contributed by atoms with van der Waals surface area (Å²) in [5, 5.41) is 2.98. The Morgan fingerprint density at radius 2 is 2.06 bits per heavy atom. The van der Waals surface area contributed by atoms with E-state index in [-0.39, 0.29) is 11.8 Å². The van der Waals surface area contributed by atoms with Crippen LogP contribution in [0.15, 0.2) is 24.3 Å². The van der Waals surface area contributed by atoms with Crippen molar-refractivity contribution in [3.8, 4) is 0 Å². The van der Waals surface area contributed by atoms with Crippen molar-refractivity contribution in [3.63, 3.8) is 0 Å². The summed E-state index contributed by atoms with van der Waals surface area (Å²) in [6.07, 6.45) is 3.17. The highest BCUT2D eigenvalue weighted by Crippen LogP contribution is 2.31. The highest BCUT2D eigenvalue weighted by atomic mass is 127. The Bertz CT molecular complexity index is 391. The topological polar surface area (TPSA) is 55.1 Å². The van der Waals surface area contributed by atoms with Crippen molar-refractivity contribution < 1.29 is 4.79 Å². The molecule has 0 aliphatic heterocycles. The molecular weight excluding hydrogens is 327 g/mol.